The maximum absolute atomic E-state index is 5.96. The molecule has 0 aliphatic carbocycles. The Labute approximate surface area is 117 Å². The van der Waals surface area contributed by atoms with Gasteiger partial charge in [-0.05, 0) is 37.5 Å². The first-order valence-electron chi connectivity index (χ1n) is 5.95. The van der Waals surface area contributed by atoms with Crippen molar-refractivity contribution in [1.29, 1.82) is 0 Å². The molecule has 0 spiro atoms. The van der Waals surface area contributed by atoms with E-state index in [2.05, 4.69) is 29.2 Å². The van der Waals surface area contributed by atoms with E-state index in [-0.39, 0.29) is 12.1 Å². The van der Waals surface area contributed by atoms with Crippen LogP contribution in [-0.4, -0.2) is 37.0 Å². The van der Waals surface area contributed by atoms with Gasteiger partial charge < -0.3 is 14.4 Å². The van der Waals surface area contributed by atoms with Gasteiger partial charge in [0, 0.05) is 19.8 Å². The molecule has 0 fully saturated rings. The number of pyridine rings is 1. The normalized spacial score (nSPS) is 23.9. The lowest BCUT2D eigenvalue weighted by Gasteiger charge is -2.32. The summed E-state index contributed by atoms with van der Waals surface area (Å²) in [6.07, 6.45) is 3.09. The minimum Gasteiger partial charge on any atom is -0.372 e. The second kappa shape index (κ2) is 5.99. The van der Waals surface area contributed by atoms with Gasteiger partial charge >= 0.3 is 0 Å². The van der Waals surface area contributed by atoms with Gasteiger partial charge in [-0.25, -0.2) is 4.98 Å². The molecular formula is C12H18ClN3OS. The molecule has 1 N–H and O–H groups in total. The van der Waals surface area contributed by atoms with Gasteiger partial charge in [0.05, 0.1) is 17.8 Å². The fraction of sp³-hybridized carbons (Fsp3) is 0.583. The number of anilines is 2. The maximum atomic E-state index is 5.96. The molecule has 2 atom stereocenters. The Kier molecular flexibility index (Phi) is 4.59. The highest BCUT2D eigenvalue weighted by atomic mass is 35.5. The second-order valence-corrected chi connectivity index (χ2v) is 5.36. The Hall–Kier alpha value is -0.650. The predicted octanol–water partition coefficient (Wildman–Crippen LogP) is 3.04. The smallest absolute Gasteiger partial charge is 0.151 e. The van der Waals surface area contributed by atoms with E-state index in [1.807, 2.05) is 18.4 Å². The number of aromatic nitrogens is 1. The largest absolute Gasteiger partial charge is 0.372 e. The number of halogens is 1. The average molecular weight is 288 g/mol. The van der Waals surface area contributed by atoms with Crippen molar-refractivity contribution in [3.8, 4) is 0 Å². The van der Waals surface area contributed by atoms with Gasteiger partial charge in [-0.3, -0.25) is 0 Å². The van der Waals surface area contributed by atoms with Crippen molar-refractivity contribution < 1.29 is 4.18 Å². The van der Waals surface area contributed by atoms with Crippen molar-refractivity contribution >= 4 is 35.1 Å². The Morgan fingerprint density at radius 3 is 3.06 bits per heavy atom. The average Bonchev–Trinajstić information content (AvgIpc) is 2.33. The summed E-state index contributed by atoms with van der Waals surface area (Å²) >= 11 is 7.37. The standard InChI is InChI=1S/C12H18ClN3OS/c1-8-10(17-18-3)6-7-16(2)9-4-5-11(13)15-12(9)14-8/h4-5,8,10H,6-7H2,1-3H3,(H,14,15)/t8-,10-/m1/s1. The van der Waals surface area contributed by atoms with Crippen LogP contribution in [0.1, 0.15) is 13.3 Å². The highest BCUT2D eigenvalue weighted by Gasteiger charge is 2.24. The summed E-state index contributed by atoms with van der Waals surface area (Å²) in [5.41, 5.74) is 1.08. The molecule has 0 saturated heterocycles. The first-order chi connectivity index (χ1) is 8.61. The van der Waals surface area contributed by atoms with Crippen LogP contribution >= 0.6 is 23.6 Å². The molecule has 0 saturated carbocycles. The van der Waals surface area contributed by atoms with Crippen LogP contribution in [0, 0.1) is 0 Å². The number of nitrogens with one attached hydrogen (secondary N) is 1. The summed E-state index contributed by atoms with van der Waals surface area (Å²) in [5.74, 6) is 0.826. The number of hydrogen-bond donors (Lipinski definition) is 1. The number of nitrogens with zero attached hydrogens (tertiary/aromatic N) is 2. The first kappa shape index (κ1) is 13.8. The Morgan fingerprint density at radius 1 is 1.56 bits per heavy atom. The van der Waals surface area contributed by atoms with Crippen molar-refractivity contribution in [2.24, 2.45) is 0 Å². The Bertz CT molecular complexity index is 418. The zero-order chi connectivity index (χ0) is 13.1. The number of rotatable bonds is 2. The molecule has 0 unspecified atom stereocenters. The number of hydrogen-bond acceptors (Lipinski definition) is 5. The van der Waals surface area contributed by atoms with Gasteiger partial charge in [0.15, 0.2) is 5.82 Å². The van der Waals surface area contributed by atoms with Crippen LogP contribution in [0.5, 0.6) is 0 Å². The lowest BCUT2D eigenvalue weighted by molar-refractivity contribution is 0.211. The van der Waals surface area contributed by atoms with E-state index in [0.717, 1.165) is 24.5 Å². The maximum Gasteiger partial charge on any atom is 0.151 e. The molecule has 4 nitrogen and oxygen atoms in total. The lowest BCUT2D eigenvalue weighted by Crippen LogP contribution is -2.38. The third kappa shape index (κ3) is 3.02. The van der Waals surface area contributed by atoms with E-state index in [1.165, 1.54) is 12.0 Å². The zero-order valence-corrected chi connectivity index (χ0v) is 12.4. The molecule has 6 heteroatoms. The van der Waals surface area contributed by atoms with Crippen LogP contribution < -0.4 is 10.2 Å². The van der Waals surface area contributed by atoms with Gasteiger partial charge in [-0.15, -0.1) is 0 Å². The molecule has 2 heterocycles. The molecule has 1 aliphatic heterocycles. The SMILES string of the molecule is CSO[C@@H]1CCN(C)c2ccc(Cl)nc2N[C@@H]1C. The van der Waals surface area contributed by atoms with E-state index in [0.29, 0.717) is 5.15 Å². The van der Waals surface area contributed by atoms with Crippen LogP contribution in [0.2, 0.25) is 5.15 Å². The molecule has 0 bridgehead atoms. The fourth-order valence-corrected chi connectivity index (χ4v) is 2.75. The second-order valence-electron chi connectivity index (χ2n) is 4.45. The van der Waals surface area contributed by atoms with Crippen LogP contribution in [0.3, 0.4) is 0 Å². The fourth-order valence-electron chi connectivity index (χ4n) is 2.10. The summed E-state index contributed by atoms with van der Waals surface area (Å²) in [6, 6.07) is 4.02. The summed E-state index contributed by atoms with van der Waals surface area (Å²) in [6.45, 7) is 3.05. The van der Waals surface area contributed by atoms with E-state index in [1.54, 1.807) is 0 Å². The number of fused-ring (bicyclic) bond motifs is 1. The van der Waals surface area contributed by atoms with Gasteiger partial charge in [0.1, 0.15) is 5.15 Å². The summed E-state index contributed by atoms with van der Waals surface area (Å²) in [4.78, 5) is 6.54. The first-order valence-corrected chi connectivity index (χ1v) is 7.48. The van der Waals surface area contributed by atoms with Crippen molar-refractivity contribution in [1.82, 2.24) is 4.98 Å². The minimum absolute atomic E-state index is 0.163. The molecule has 18 heavy (non-hydrogen) atoms. The van der Waals surface area contributed by atoms with Crippen molar-refractivity contribution in [2.75, 3.05) is 30.1 Å². The molecule has 0 aromatic carbocycles. The van der Waals surface area contributed by atoms with Crippen molar-refractivity contribution in [3.63, 3.8) is 0 Å². The monoisotopic (exact) mass is 287 g/mol. The zero-order valence-electron chi connectivity index (χ0n) is 10.8. The van der Waals surface area contributed by atoms with Gasteiger partial charge in [0.25, 0.3) is 0 Å². The van der Waals surface area contributed by atoms with Gasteiger partial charge in [0.2, 0.25) is 0 Å². The molecule has 100 valence electrons. The predicted molar refractivity (Wildman–Crippen MR) is 78.6 cm³/mol. The molecule has 2 rings (SSSR count). The highest BCUT2D eigenvalue weighted by Crippen LogP contribution is 2.29. The van der Waals surface area contributed by atoms with Crippen LogP contribution in [0.15, 0.2) is 12.1 Å². The van der Waals surface area contributed by atoms with Gasteiger partial charge in [-0.1, -0.05) is 11.6 Å². The highest BCUT2D eigenvalue weighted by molar-refractivity contribution is 7.93. The van der Waals surface area contributed by atoms with Crippen molar-refractivity contribution in [2.45, 2.75) is 25.5 Å². The molecule has 0 amide bonds. The minimum atomic E-state index is 0.163. The molecule has 1 aromatic heterocycles. The third-order valence-electron chi connectivity index (χ3n) is 3.14. The summed E-state index contributed by atoms with van der Waals surface area (Å²) < 4.78 is 5.69. The van der Waals surface area contributed by atoms with E-state index >= 15 is 0 Å². The van der Waals surface area contributed by atoms with E-state index < -0.39 is 0 Å². The topological polar surface area (TPSA) is 37.4 Å². The van der Waals surface area contributed by atoms with Crippen LogP contribution in [-0.2, 0) is 4.18 Å². The summed E-state index contributed by atoms with van der Waals surface area (Å²) in [5, 5.41) is 3.90. The van der Waals surface area contributed by atoms with Gasteiger partial charge in [-0.2, -0.15) is 0 Å². The van der Waals surface area contributed by atoms with Crippen LogP contribution in [0.25, 0.3) is 0 Å². The van der Waals surface area contributed by atoms with E-state index in [9.17, 15) is 0 Å². The lowest BCUT2D eigenvalue weighted by atomic mass is 10.1. The van der Waals surface area contributed by atoms with E-state index in [4.69, 9.17) is 15.8 Å². The molecule has 1 aromatic rings. The molecule has 0 radical (unpaired) electrons. The van der Waals surface area contributed by atoms with Crippen LogP contribution in [0.4, 0.5) is 11.5 Å². The Morgan fingerprint density at radius 2 is 2.33 bits per heavy atom. The quantitative estimate of drug-likeness (QED) is 0.668. The Balaban J connectivity index is 2.27. The molecular weight excluding hydrogens is 270 g/mol. The van der Waals surface area contributed by atoms with Crippen molar-refractivity contribution in [3.05, 3.63) is 17.3 Å². The summed E-state index contributed by atoms with van der Waals surface area (Å²) in [7, 11) is 2.06. The third-order valence-corrected chi connectivity index (χ3v) is 3.79. The molecule has 1 aliphatic rings.